The van der Waals surface area contributed by atoms with Gasteiger partial charge in [0.15, 0.2) is 0 Å². The fourth-order valence-electron chi connectivity index (χ4n) is 1.80. The van der Waals surface area contributed by atoms with Crippen LogP contribution in [0.1, 0.15) is 17.9 Å². The van der Waals surface area contributed by atoms with Gasteiger partial charge in [-0.3, -0.25) is 0 Å². The van der Waals surface area contributed by atoms with E-state index in [2.05, 4.69) is 38.7 Å². The third-order valence-corrected chi connectivity index (χ3v) is 3.11. The predicted molar refractivity (Wildman–Crippen MR) is 67.9 cm³/mol. The van der Waals surface area contributed by atoms with Gasteiger partial charge in [-0.05, 0) is 12.0 Å². The summed E-state index contributed by atoms with van der Waals surface area (Å²) in [6, 6.07) is 10.5. The van der Waals surface area contributed by atoms with Crippen LogP contribution in [0.4, 0.5) is 4.79 Å². The van der Waals surface area contributed by atoms with Crippen LogP contribution >= 0.6 is 15.9 Å². The van der Waals surface area contributed by atoms with Gasteiger partial charge in [-0.25, -0.2) is 4.79 Å². The van der Waals surface area contributed by atoms with Crippen LogP contribution in [0.2, 0.25) is 0 Å². The number of carbonyl (C=O) groups excluding carboxylic acids is 1. The fraction of sp³-hybridized carbons (Fsp3) is 0.417. The van der Waals surface area contributed by atoms with Crippen LogP contribution in [0.15, 0.2) is 30.3 Å². The molecule has 0 bridgehead atoms. The summed E-state index contributed by atoms with van der Waals surface area (Å²) in [5, 5.41) is 6.53. The van der Waals surface area contributed by atoms with E-state index in [1.165, 1.54) is 5.56 Å². The van der Waals surface area contributed by atoms with Crippen LogP contribution in [0.5, 0.6) is 0 Å². The molecule has 0 aromatic heterocycles. The molecule has 0 heterocycles. The van der Waals surface area contributed by atoms with Crippen LogP contribution in [0.3, 0.4) is 0 Å². The number of alkyl halides is 1. The average molecular weight is 283 g/mol. The Morgan fingerprint density at radius 3 is 2.81 bits per heavy atom. The van der Waals surface area contributed by atoms with Crippen molar-refractivity contribution in [3.8, 4) is 0 Å². The number of rotatable bonds is 4. The minimum absolute atomic E-state index is 0.0668. The Morgan fingerprint density at radius 2 is 2.12 bits per heavy atom. The normalized spacial score (nSPS) is 22.6. The van der Waals surface area contributed by atoms with Gasteiger partial charge in [0.05, 0.1) is 0 Å². The van der Waals surface area contributed by atoms with E-state index in [0.717, 1.165) is 11.8 Å². The smallest absolute Gasteiger partial charge is 0.315 e. The Kier molecular flexibility index (Phi) is 3.83. The summed E-state index contributed by atoms with van der Waals surface area (Å²) in [6.07, 6.45) is 1.05. The van der Waals surface area contributed by atoms with Crippen LogP contribution in [-0.4, -0.2) is 23.9 Å². The summed E-state index contributed by atoms with van der Waals surface area (Å²) >= 11 is 3.27. The van der Waals surface area contributed by atoms with Crippen molar-refractivity contribution in [3.05, 3.63) is 35.9 Å². The van der Waals surface area contributed by atoms with Crippen LogP contribution < -0.4 is 10.6 Å². The summed E-state index contributed by atoms with van der Waals surface area (Å²) in [7, 11) is 0. The van der Waals surface area contributed by atoms with E-state index >= 15 is 0 Å². The second-order valence-electron chi connectivity index (χ2n) is 3.95. The maximum absolute atomic E-state index is 11.4. The molecule has 1 fully saturated rings. The minimum Gasteiger partial charge on any atom is -0.337 e. The highest BCUT2D eigenvalue weighted by atomic mass is 79.9. The van der Waals surface area contributed by atoms with Crippen LogP contribution in [-0.2, 0) is 0 Å². The standard InChI is InChI=1S/C12H15BrN2O/c13-6-7-14-12(16)15-11-8-10(11)9-4-2-1-3-5-9/h1-5,10-11H,6-8H2,(H2,14,15,16). The minimum atomic E-state index is -0.0668. The molecular weight excluding hydrogens is 268 g/mol. The van der Waals surface area contributed by atoms with E-state index in [1.54, 1.807) is 0 Å². The van der Waals surface area contributed by atoms with Crippen molar-refractivity contribution in [2.75, 3.05) is 11.9 Å². The van der Waals surface area contributed by atoms with Crippen molar-refractivity contribution in [2.24, 2.45) is 0 Å². The number of halogens is 1. The molecule has 2 amide bonds. The van der Waals surface area contributed by atoms with Gasteiger partial charge in [0, 0.05) is 23.8 Å². The molecule has 0 aliphatic heterocycles. The maximum atomic E-state index is 11.4. The van der Waals surface area contributed by atoms with Gasteiger partial charge in [0.1, 0.15) is 0 Å². The summed E-state index contributed by atoms with van der Waals surface area (Å²) < 4.78 is 0. The molecule has 1 aromatic carbocycles. The molecule has 1 aliphatic carbocycles. The Morgan fingerprint density at radius 1 is 1.38 bits per heavy atom. The Bertz CT molecular complexity index is 355. The molecule has 0 spiro atoms. The molecule has 4 heteroatoms. The summed E-state index contributed by atoms with van der Waals surface area (Å²) in [4.78, 5) is 11.4. The van der Waals surface area contributed by atoms with E-state index in [1.807, 2.05) is 18.2 Å². The second-order valence-corrected chi connectivity index (χ2v) is 4.74. The molecule has 3 nitrogen and oxygen atoms in total. The largest absolute Gasteiger partial charge is 0.337 e. The first-order chi connectivity index (χ1) is 7.81. The summed E-state index contributed by atoms with van der Waals surface area (Å²) in [5.41, 5.74) is 1.31. The number of hydrogen-bond acceptors (Lipinski definition) is 1. The first-order valence-corrected chi connectivity index (χ1v) is 6.58. The quantitative estimate of drug-likeness (QED) is 0.817. The van der Waals surface area contributed by atoms with Gasteiger partial charge in [-0.2, -0.15) is 0 Å². The van der Waals surface area contributed by atoms with Gasteiger partial charge < -0.3 is 10.6 Å². The van der Waals surface area contributed by atoms with Crippen molar-refractivity contribution in [3.63, 3.8) is 0 Å². The highest BCUT2D eigenvalue weighted by molar-refractivity contribution is 9.09. The van der Waals surface area contributed by atoms with Crippen LogP contribution in [0.25, 0.3) is 0 Å². The molecular formula is C12H15BrN2O. The van der Waals surface area contributed by atoms with Crippen molar-refractivity contribution < 1.29 is 4.79 Å². The lowest BCUT2D eigenvalue weighted by Crippen LogP contribution is -2.38. The van der Waals surface area contributed by atoms with E-state index in [4.69, 9.17) is 0 Å². The molecule has 2 N–H and O–H groups in total. The first-order valence-electron chi connectivity index (χ1n) is 5.46. The fourth-order valence-corrected chi connectivity index (χ4v) is 2.00. The molecule has 1 aliphatic rings. The maximum Gasteiger partial charge on any atom is 0.315 e. The van der Waals surface area contributed by atoms with Crippen molar-refractivity contribution in [1.29, 1.82) is 0 Å². The van der Waals surface area contributed by atoms with E-state index < -0.39 is 0 Å². The SMILES string of the molecule is O=C(NCCBr)NC1CC1c1ccccc1. The summed E-state index contributed by atoms with van der Waals surface area (Å²) in [6.45, 7) is 0.661. The highest BCUT2D eigenvalue weighted by Gasteiger charge is 2.39. The predicted octanol–water partition coefficient (Wildman–Crippen LogP) is 2.24. The number of nitrogens with one attached hydrogen (secondary N) is 2. The molecule has 86 valence electrons. The average Bonchev–Trinajstić information content (AvgIpc) is 3.07. The Balaban J connectivity index is 1.77. The van der Waals surface area contributed by atoms with Crippen molar-refractivity contribution in [2.45, 2.75) is 18.4 Å². The van der Waals surface area contributed by atoms with E-state index in [9.17, 15) is 4.79 Å². The van der Waals surface area contributed by atoms with E-state index in [0.29, 0.717) is 18.5 Å². The molecule has 1 saturated carbocycles. The van der Waals surface area contributed by atoms with E-state index in [-0.39, 0.29) is 6.03 Å². The van der Waals surface area contributed by atoms with Crippen LogP contribution in [0, 0.1) is 0 Å². The molecule has 1 aromatic rings. The molecule has 2 atom stereocenters. The molecule has 2 unspecified atom stereocenters. The van der Waals surface area contributed by atoms with Gasteiger partial charge >= 0.3 is 6.03 Å². The zero-order chi connectivity index (χ0) is 11.4. The molecule has 16 heavy (non-hydrogen) atoms. The van der Waals surface area contributed by atoms with Gasteiger partial charge in [0.25, 0.3) is 0 Å². The summed E-state index contributed by atoms with van der Waals surface area (Å²) in [5.74, 6) is 0.496. The number of urea groups is 1. The molecule has 2 rings (SSSR count). The topological polar surface area (TPSA) is 41.1 Å². The highest BCUT2D eigenvalue weighted by Crippen LogP contribution is 2.40. The molecule has 0 saturated heterocycles. The van der Waals surface area contributed by atoms with Gasteiger partial charge in [-0.15, -0.1) is 0 Å². The zero-order valence-electron chi connectivity index (χ0n) is 8.95. The molecule has 0 radical (unpaired) electrons. The Labute approximate surface area is 104 Å². The number of hydrogen-bond donors (Lipinski definition) is 2. The number of amides is 2. The second kappa shape index (κ2) is 5.34. The number of benzene rings is 1. The lowest BCUT2D eigenvalue weighted by Gasteiger charge is -2.05. The van der Waals surface area contributed by atoms with Gasteiger partial charge in [0.2, 0.25) is 0 Å². The van der Waals surface area contributed by atoms with Crippen molar-refractivity contribution in [1.82, 2.24) is 10.6 Å². The zero-order valence-corrected chi connectivity index (χ0v) is 10.5. The third kappa shape index (κ3) is 2.98. The lowest BCUT2D eigenvalue weighted by atomic mass is 10.1. The first kappa shape index (κ1) is 11.5. The lowest BCUT2D eigenvalue weighted by molar-refractivity contribution is 0.241. The monoisotopic (exact) mass is 282 g/mol. The third-order valence-electron chi connectivity index (χ3n) is 2.71. The van der Waals surface area contributed by atoms with Gasteiger partial charge in [-0.1, -0.05) is 46.3 Å². The Hall–Kier alpha value is -1.03. The number of carbonyl (C=O) groups is 1. The van der Waals surface area contributed by atoms with Crippen molar-refractivity contribution >= 4 is 22.0 Å².